The maximum atomic E-state index is 5.92. The zero-order valence-corrected chi connectivity index (χ0v) is 11.9. The summed E-state index contributed by atoms with van der Waals surface area (Å²) in [6, 6.07) is 16.0. The fraction of sp³-hybridized carbons (Fsp3) is 0.200. The molecule has 2 aromatic carbocycles. The molecule has 1 heterocycles. The molecule has 1 aliphatic rings. The van der Waals surface area contributed by atoms with Crippen LogP contribution in [0.3, 0.4) is 0 Å². The van der Waals surface area contributed by atoms with Crippen LogP contribution in [-0.2, 0) is 0 Å². The van der Waals surface area contributed by atoms with Crippen molar-refractivity contribution in [3.63, 3.8) is 0 Å². The monoisotopic (exact) mass is 292 g/mol. The Kier molecular flexibility index (Phi) is 3.54. The lowest BCUT2D eigenvalue weighted by molar-refractivity contribution is 0.949. The molecule has 0 aliphatic carbocycles. The molecule has 0 aromatic heterocycles. The quantitative estimate of drug-likeness (QED) is 0.815. The number of rotatable bonds is 2. The summed E-state index contributed by atoms with van der Waals surface area (Å²) in [5.74, 6) is 0. The second kappa shape index (κ2) is 5.32. The summed E-state index contributed by atoms with van der Waals surface area (Å²) in [5.41, 5.74) is 2.42. The maximum absolute atomic E-state index is 5.92. The molecule has 0 spiro atoms. The van der Waals surface area contributed by atoms with Gasteiger partial charge in [0.15, 0.2) is 0 Å². The molecular formula is C15H14Cl2N2. The van der Waals surface area contributed by atoms with Gasteiger partial charge in [0, 0.05) is 34.5 Å². The molecule has 3 rings (SSSR count). The number of anilines is 2. The lowest BCUT2D eigenvalue weighted by Crippen LogP contribution is -2.24. The molecule has 1 saturated heterocycles. The molecule has 0 unspecified atom stereocenters. The summed E-state index contributed by atoms with van der Waals surface area (Å²) >= 11 is 11.8. The van der Waals surface area contributed by atoms with E-state index < -0.39 is 0 Å². The zero-order chi connectivity index (χ0) is 13.2. The molecular weight excluding hydrogens is 279 g/mol. The van der Waals surface area contributed by atoms with Crippen molar-refractivity contribution in [2.24, 2.45) is 0 Å². The Hall–Kier alpha value is -1.38. The molecule has 0 atom stereocenters. The van der Waals surface area contributed by atoms with Gasteiger partial charge in [-0.15, -0.1) is 0 Å². The van der Waals surface area contributed by atoms with Crippen molar-refractivity contribution in [3.05, 3.63) is 58.6 Å². The van der Waals surface area contributed by atoms with Gasteiger partial charge in [0.2, 0.25) is 0 Å². The molecule has 4 heteroatoms. The summed E-state index contributed by atoms with van der Waals surface area (Å²) in [4.78, 5) is 4.68. The number of halogens is 2. The van der Waals surface area contributed by atoms with Crippen LogP contribution < -0.4 is 9.80 Å². The number of hydrogen-bond acceptors (Lipinski definition) is 2. The average molecular weight is 293 g/mol. The van der Waals surface area contributed by atoms with E-state index in [0.29, 0.717) is 0 Å². The minimum Gasteiger partial charge on any atom is -0.352 e. The standard InChI is InChI=1S/C15H14Cl2N2/c16-12-1-5-14(6-2-12)18-9-10-19(11-18)15-7-3-13(17)4-8-15/h1-8H,9-11H2. The third-order valence-corrected chi connectivity index (χ3v) is 3.87. The van der Waals surface area contributed by atoms with E-state index in [-0.39, 0.29) is 0 Å². The van der Waals surface area contributed by atoms with Gasteiger partial charge < -0.3 is 9.80 Å². The molecule has 1 aliphatic heterocycles. The van der Waals surface area contributed by atoms with Gasteiger partial charge in [-0.25, -0.2) is 0 Å². The van der Waals surface area contributed by atoms with Crippen molar-refractivity contribution < 1.29 is 0 Å². The van der Waals surface area contributed by atoms with E-state index in [0.717, 1.165) is 29.8 Å². The van der Waals surface area contributed by atoms with E-state index >= 15 is 0 Å². The molecule has 2 nitrogen and oxygen atoms in total. The van der Waals surface area contributed by atoms with Gasteiger partial charge in [-0.1, -0.05) is 23.2 Å². The highest BCUT2D eigenvalue weighted by Gasteiger charge is 2.20. The number of nitrogens with zero attached hydrogens (tertiary/aromatic N) is 2. The van der Waals surface area contributed by atoms with Crippen LogP contribution in [0.1, 0.15) is 0 Å². The van der Waals surface area contributed by atoms with E-state index in [2.05, 4.69) is 34.1 Å². The van der Waals surface area contributed by atoms with Crippen LogP contribution in [0.25, 0.3) is 0 Å². The largest absolute Gasteiger partial charge is 0.352 e. The summed E-state index contributed by atoms with van der Waals surface area (Å²) in [6.45, 7) is 2.93. The van der Waals surface area contributed by atoms with Gasteiger partial charge in [0.25, 0.3) is 0 Å². The van der Waals surface area contributed by atoms with Crippen LogP contribution >= 0.6 is 23.2 Å². The van der Waals surface area contributed by atoms with Crippen LogP contribution in [-0.4, -0.2) is 19.8 Å². The highest BCUT2D eigenvalue weighted by atomic mass is 35.5. The van der Waals surface area contributed by atoms with Gasteiger partial charge >= 0.3 is 0 Å². The average Bonchev–Trinajstić information content (AvgIpc) is 2.90. The van der Waals surface area contributed by atoms with Crippen molar-refractivity contribution in [2.75, 3.05) is 29.6 Å². The molecule has 2 aromatic rings. The number of hydrogen-bond donors (Lipinski definition) is 0. The molecule has 0 N–H and O–H groups in total. The fourth-order valence-corrected chi connectivity index (χ4v) is 2.57. The van der Waals surface area contributed by atoms with Crippen LogP contribution in [0.4, 0.5) is 11.4 Å². The molecule has 0 amide bonds. The third kappa shape index (κ3) is 2.80. The lowest BCUT2D eigenvalue weighted by atomic mass is 10.3. The second-order valence-corrected chi connectivity index (χ2v) is 5.49. The Morgan fingerprint density at radius 3 is 1.37 bits per heavy atom. The maximum Gasteiger partial charge on any atom is 0.0904 e. The first kappa shape index (κ1) is 12.6. The highest BCUT2D eigenvalue weighted by Crippen LogP contribution is 2.25. The summed E-state index contributed by atoms with van der Waals surface area (Å²) in [5, 5.41) is 1.55. The van der Waals surface area contributed by atoms with Crippen LogP contribution in [0.15, 0.2) is 48.5 Å². The van der Waals surface area contributed by atoms with Gasteiger partial charge in [0.1, 0.15) is 0 Å². The topological polar surface area (TPSA) is 6.48 Å². The summed E-state index contributed by atoms with van der Waals surface area (Å²) < 4.78 is 0. The molecule has 0 saturated carbocycles. The zero-order valence-electron chi connectivity index (χ0n) is 10.4. The van der Waals surface area contributed by atoms with Crippen molar-refractivity contribution in [1.82, 2.24) is 0 Å². The van der Waals surface area contributed by atoms with Crippen LogP contribution in [0, 0.1) is 0 Å². The van der Waals surface area contributed by atoms with E-state index in [1.165, 1.54) is 11.4 Å². The normalized spacial score (nSPS) is 15.1. The lowest BCUT2D eigenvalue weighted by Gasteiger charge is -2.21. The smallest absolute Gasteiger partial charge is 0.0904 e. The van der Waals surface area contributed by atoms with Gasteiger partial charge in [0.05, 0.1) is 6.67 Å². The molecule has 0 radical (unpaired) electrons. The Bertz CT molecular complexity index is 500. The van der Waals surface area contributed by atoms with E-state index in [4.69, 9.17) is 23.2 Å². The first-order valence-electron chi connectivity index (χ1n) is 6.23. The van der Waals surface area contributed by atoms with Gasteiger partial charge in [-0.2, -0.15) is 0 Å². The Morgan fingerprint density at radius 2 is 1.00 bits per heavy atom. The number of benzene rings is 2. The van der Waals surface area contributed by atoms with Crippen LogP contribution in [0.2, 0.25) is 10.0 Å². The van der Waals surface area contributed by atoms with Crippen molar-refractivity contribution >= 4 is 34.6 Å². The highest BCUT2D eigenvalue weighted by molar-refractivity contribution is 6.30. The van der Waals surface area contributed by atoms with Crippen molar-refractivity contribution in [2.45, 2.75) is 0 Å². The Labute approximate surface area is 123 Å². The second-order valence-electron chi connectivity index (χ2n) is 4.62. The summed E-state index contributed by atoms with van der Waals surface area (Å²) in [6.07, 6.45) is 0. The molecule has 0 bridgehead atoms. The molecule has 98 valence electrons. The van der Waals surface area contributed by atoms with Crippen molar-refractivity contribution in [3.8, 4) is 0 Å². The third-order valence-electron chi connectivity index (χ3n) is 3.36. The van der Waals surface area contributed by atoms with E-state index in [1.54, 1.807) is 0 Å². The fourth-order valence-electron chi connectivity index (χ4n) is 2.31. The first-order chi connectivity index (χ1) is 9.22. The minimum atomic E-state index is 0.775. The van der Waals surface area contributed by atoms with Crippen LogP contribution in [0.5, 0.6) is 0 Å². The first-order valence-corrected chi connectivity index (χ1v) is 6.99. The Balaban J connectivity index is 1.73. The molecule has 19 heavy (non-hydrogen) atoms. The minimum absolute atomic E-state index is 0.775. The van der Waals surface area contributed by atoms with Gasteiger partial charge in [-0.05, 0) is 48.5 Å². The van der Waals surface area contributed by atoms with Gasteiger partial charge in [-0.3, -0.25) is 0 Å². The summed E-state index contributed by atoms with van der Waals surface area (Å²) in [7, 11) is 0. The van der Waals surface area contributed by atoms with E-state index in [1.807, 2.05) is 24.3 Å². The predicted molar refractivity (Wildman–Crippen MR) is 82.5 cm³/mol. The SMILES string of the molecule is Clc1ccc(N2CCN(c3ccc(Cl)cc3)C2)cc1. The predicted octanol–water partition coefficient (Wildman–Crippen LogP) is 4.28. The van der Waals surface area contributed by atoms with E-state index in [9.17, 15) is 0 Å². The van der Waals surface area contributed by atoms with Crippen molar-refractivity contribution in [1.29, 1.82) is 0 Å². The Morgan fingerprint density at radius 1 is 0.632 bits per heavy atom. The molecule has 1 fully saturated rings.